The highest BCUT2D eigenvalue weighted by Gasteiger charge is 2.70. The Balaban J connectivity index is 1.44. The molecule has 3 aliphatic heterocycles. The van der Waals surface area contributed by atoms with E-state index in [9.17, 15) is 20.2 Å². The SMILES string of the molecule is O=C(OC1CC2C3OC3C(C1)[N+]2([O-])CO)C(CO)c1ccccc1. The molecule has 0 aromatic heterocycles. The van der Waals surface area contributed by atoms with Crippen LogP contribution in [0.5, 0.6) is 0 Å². The molecular weight excluding hydrogens is 314 g/mol. The monoisotopic (exact) mass is 335 g/mol. The van der Waals surface area contributed by atoms with Crippen molar-refractivity contribution in [1.82, 2.24) is 0 Å². The van der Waals surface area contributed by atoms with Crippen LogP contribution >= 0.6 is 0 Å². The molecule has 7 heteroatoms. The van der Waals surface area contributed by atoms with E-state index in [-0.39, 0.29) is 37.0 Å². The fraction of sp³-hybridized carbons (Fsp3) is 0.588. The Morgan fingerprint density at radius 1 is 1.25 bits per heavy atom. The van der Waals surface area contributed by atoms with Crippen LogP contribution < -0.4 is 0 Å². The number of piperidine rings is 1. The Bertz CT molecular complexity index is 605. The lowest BCUT2D eigenvalue weighted by Gasteiger charge is -2.52. The molecule has 0 radical (unpaired) electrons. The Morgan fingerprint density at radius 2 is 1.88 bits per heavy atom. The number of hydrogen-bond donors (Lipinski definition) is 2. The van der Waals surface area contributed by atoms with Gasteiger partial charge >= 0.3 is 5.97 Å². The number of hydrogen-bond acceptors (Lipinski definition) is 6. The predicted molar refractivity (Wildman–Crippen MR) is 82.3 cm³/mol. The summed E-state index contributed by atoms with van der Waals surface area (Å²) in [4.78, 5) is 12.5. The third kappa shape index (κ3) is 2.35. The summed E-state index contributed by atoms with van der Waals surface area (Å²) >= 11 is 0. The number of ether oxygens (including phenoxy) is 2. The van der Waals surface area contributed by atoms with Crippen molar-refractivity contribution in [2.24, 2.45) is 0 Å². The molecule has 0 saturated carbocycles. The molecule has 7 nitrogen and oxygen atoms in total. The standard InChI is InChI=1S/C17H21NO6/c19-8-12(10-4-2-1-3-5-10)17(21)23-11-6-13-15-16(24-15)14(7-11)18(13,22)9-20/h1-5,11-16,19-20H,6-9H2. The van der Waals surface area contributed by atoms with Crippen molar-refractivity contribution in [2.45, 2.75) is 49.2 Å². The number of fused-ring (bicyclic) bond motifs is 5. The van der Waals surface area contributed by atoms with Crippen LogP contribution in [0.15, 0.2) is 30.3 Å². The summed E-state index contributed by atoms with van der Waals surface area (Å²) in [5, 5.41) is 31.8. The summed E-state index contributed by atoms with van der Waals surface area (Å²) in [6.45, 7) is -0.787. The van der Waals surface area contributed by atoms with Crippen molar-refractivity contribution in [3.8, 4) is 0 Å². The Labute approximate surface area is 139 Å². The third-order valence-electron chi connectivity index (χ3n) is 5.62. The van der Waals surface area contributed by atoms with Gasteiger partial charge in [-0.15, -0.1) is 0 Å². The molecule has 3 heterocycles. The number of nitrogens with zero attached hydrogens (tertiary/aromatic N) is 1. The molecular formula is C17H21NO6. The van der Waals surface area contributed by atoms with Crippen molar-refractivity contribution in [3.63, 3.8) is 0 Å². The lowest BCUT2D eigenvalue weighted by Crippen LogP contribution is -2.61. The summed E-state index contributed by atoms with van der Waals surface area (Å²) in [6.07, 6.45) is 0.173. The number of aliphatic hydroxyl groups excluding tert-OH is 2. The van der Waals surface area contributed by atoms with Gasteiger partial charge in [-0.3, -0.25) is 4.79 Å². The van der Waals surface area contributed by atoms with Gasteiger partial charge in [0.15, 0.2) is 6.73 Å². The summed E-state index contributed by atoms with van der Waals surface area (Å²) < 4.78 is 10.5. The maximum Gasteiger partial charge on any atom is 0.316 e. The van der Waals surface area contributed by atoms with E-state index in [1.807, 2.05) is 18.2 Å². The van der Waals surface area contributed by atoms with Crippen molar-refractivity contribution >= 4 is 5.97 Å². The Kier molecular flexibility index (Phi) is 3.85. The minimum atomic E-state index is -0.721. The largest absolute Gasteiger partial charge is 0.631 e. The number of epoxide rings is 1. The fourth-order valence-electron chi connectivity index (χ4n) is 4.31. The number of rotatable bonds is 5. The van der Waals surface area contributed by atoms with Gasteiger partial charge < -0.3 is 29.5 Å². The molecule has 24 heavy (non-hydrogen) atoms. The van der Waals surface area contributed by atoms with Gasteiger partial charge in [-0.1, -0.05) is 30.3 Å². The van der Waals surface area contributed by atoms with Crippen LogP contribution in [-0.4, -0.2) is 64.6 Å². The van der Waals surface area contributed by atoms with Gasteiger partial charge in [-0.25, -0.2) is 0 Å². The lowest BCUT2D eigenvalue weighted by molar-refractivity contribution is -0.945. The Hall–Kier alpha value is -1.51. The number of aliphatic hydroxyl groups is 2. The second-order valence-electron chi connectivity index (χ2n) is 6.87. The normalized spacial score (nSPS) is 40.7. The second kappa shape index (κ2) is 5.79. The zero-order chi connectivity index (χ0) is 16.9. The summed E-state index contributed by atoms with van der Waals surface area (Å²) in [5.41, 5.74) is 0.708. The molecule has 5 atom stereocenters. The van der Waals surface area contributed by atoms with Crippen LogP contribution in [0, 0.1) is 5.21 Å². The van der Waals surface area contributed by atoms with Gasteiger partial charge in [0, 0.05) is 12.8 Å². The van der Waals surface area contributed by atoms with Gasteiger partial charge in [0.1, 0.15) is 36.3 Å². The molecule has 0 amide bonds. The van der Waals surface area contributed by atoms with Crippen molar-refractivity contribution in [3.05, 3.63) is 41.1 Å². The second-order valence-corrected chi connectivity index (χ2v) is 6.87. The van der Waals surface area contributed by atoms with E-state index < -0.39 is 23.3 Å². The number of esters is 1. The average Bonchev–Trinajstić information content (AvgIpc) is 3.35. The van der Waals surface area contributed by atoms with Crippen LogP contribution in [0.25, 0.3) is 0 Å². The molecule has 0 aliphatic carbocycles. The number of quaternary nitrogens is 1. The zero-order valence-electron chi connectivity index (χ0n) is 13.2. The van der Waals surface area contributed by atoms with Crippen LogP contribution in [0.4, 0.5) is 0 Å². The molecule has 2 N–H and O–H groups in total. The lowest BCUT2D eigenvalue weighted by atomic mass is 9.97. The molecule has 2 bridgehead atoms. The first-order valence-corrected chi connectivity index (χ1v) is 8.29. The molecule has 5 unspecified atom stereocenters. The number of morpholine rings is 1. The van der Waals surface area contributed by atoms with E-state index in [0.29, 0.717) is 18.4 Å². The topological polar surface area (TPSA) is 102 Å². The van der Waals surface area contributed by atoms with Crippen LogP contribution in [0.3, 0.4) is 0 Å². The van der Waals surface area contributed by atoms with Gasteiger partial charge in [-0.2, -0.15) is 0 Å². The molecule has 3 aliphatic rings. The minimum Gasteiger partial charge on any atom is -0.631 e. The number of carbonyl (C=O) groups excluding carboxylic acids is 1. The highest BCUT2D eigenvalue weighted by atomic mass is 16.7. The summed E-state index contributed by atoms with van der Waals surface area (Å²) in [6, 6.07) is 8.27. The van der Waals surface area contributed by atoms with Crippen LogP contribution in [-0.2, 0) is 14.3 Å². The summed E-state index contributed by atoms with van der Waals surface area (Å²) in [7, 11) is 0. The molecule has 3 fully saturated rings. The highest BCUT2D eigenvalue weighted by Crippen LogP contribution is 2.52. The van der Waals surface area contributed by atoms with Crippen molar-refractivity contribution in [1.29, 1.82) is 0 Å². The third-order valence-corrected chi connectivity index (χ3v) is 5.62. The van der Waals surface area contributed by atoms with Crippen molar-refractivity contribution < 1.29 is 29.1 Å². The van der Waals surface area contributed by atoms with Crippen LogP contribution in [0.1, 0.15) is 24.3 Å². The maximum atomic E-state index is 12.7. The van der Waals surface area contributed by atoms with Gasteiger partial charge in [0.05, 0.1) is 6.61 Å². The van der Waals surface area contributed by atoms with E-state index in [1.165, 1.54) is 0 Å². The molecule has 4 rings (SSSR count). The highest BCUT2D eigenvalue weighted by molar-refractivity contribution is 5.78. The van der Waals surface area contributed by atoms with E-state index >= 15 is 0 Å². The average molecular weight is 335 g/mol. The first-order chi connectivity index (χ1) is 11.6. The number of benzene rings is 1. The minimum absolute atomic E-state index is 0.119. The summed E-state index contributed by atoms with van der Waals surface area (Å²) in [5.74, 6) is -1.20. The molecule has 1 aromatic carbocycles. The number of carbonyl (C=O) groups is 1. The fourth-order valence-corrected chi connectivity index (χ4v) is 4.31. The molecule has 0 spiro atoms. The predicted octanol–water partition coefficient (Wildman–Crippen LogP) is 0.251. The van der Waals surface area contributed by atoms with Gasteiger partial charge in [0.2, 0.25) is 0 Å². The number of hydroxylamine groups is 3. The Morgan fingerprint density at radius 3 is 2.42 bits per heavy atom. The molecule has 3 saturated heterocycles. The van der Waals surface area contributed by atoms with E-state index in [1.54, 1.807) is 12.1 Å². The van der Waals surface area contributed by atoms with E-state index in [2.05, 4.69) is 0 Å². The smallest absolute Gasteiger partial charge is 0.316 e. The van der Waals surface area contributed by atoms with Gasteiger partial charge in [-0.05, 0) is 5.56 Å². The first-order valence-electron chi connectivity index (χ1n) is 8.29. The van der Waals surface area contributed by atoms with Crippen LogP contribution in [0.2, 0.25) is 0 Å². The zero-order valence-corrected chi connectivity index (χ0v) is 13.2. The van der Waals surface area contributed by atoms with E-state index in [4.69, 9.17) is 9.47 Å². The molecule has 130 valence electrons. The first kappa shape index (κ1) is 16.0. The van der Waals surface area contributed by atoms with E-state index in [0.717, 1.165) is 0 Å². The molecule has 1 aromatic rings. The van der Waals surface area contributed by atoms with Gasteiger partial charge in [0.25, 0.3) is 0 Å². The quantitative estimate of drug-likeness (QED) is 0.346. The maximum absolute atomic E-state index is 12.7. The van der Waals surface area contributed by atoms with Crippen molar-refractivity contribution in [2.75, 3.05) is 13.3 Å².